The summed E-state index contributed by atoms with van der Waals surface area (Å²) in [5.41, 5.74) is 5.35. The van der Waals surface area contributed by atoms with E-state index in [1.54, 1.807) is 23.1 Å². The molecule has 0 saturated heterocycles. The molecule has 0 amide bonds. The van der Waals surface area contributed by atoms with Crippen LogP contribution in [0.15, 0.2) is 36.8 Å². The lowest BCUT2D eigenvalue weighted by Gasteiger charge is -2.15. The Morgan fingerprint density at radius 3 is 2.70 bits per heavy atom. The molecule has 0 saturated carbocycles. The SMILES string of the molecule is CNC(C)c1cc(C)c(-c2cc3c(-c4cnn(C)c4)n[nH]c3cn2)c(F)c1. The lowest BCUT2D eigenvalue weighted by molar-refractivity contribution is 0.609. The third-order valence-corrected chi connectivity index (χ3v) is 4.92. The Morgan fingerprint density at radius 1 is 1.22 bits per heavy atom. The molecule has 1 atom stereocenters. The second-order valence-electron chi connectivity index (χ2n) is 6.80. The molecule has 1 unspecified atom stereocenters. The van der Waals surface area contributed by atoms with Gasteiger partial charge in [-0.15, -0.1) is 0 Å². The largest absolute Gasteiger partial charge is 0.313 e. The van der Waals surface area contributed by atoms with Gasteiger partial charge in [-0.05, 0) is 44.2 Å². The normalized spacial score (nSPS) is 12.6. The summed E-state index contributed by atoms with van der Waals surface area (Å²) in [6.45, 7) is 3.91. The van der Waals surface area contributed by atoms with Crippen LogP contribution < -0.4 is 5.32 Å². The highest BCUT2D eigenvalue weighted by Crippen LogP contribution is 2.32. The second kappa shape index (κ2) is 6.59. The van der Waals surface area contributed by atoms with Gasteiger partial charge in [0.25, 0.3) is 0 Å². The zero-order chi connectivity index (χ0) is 19.1. The van der Waals surface area contributed by atoms with Crippen LogP contribution in [-0.4, -0.2) is 32.0 Å². The summed E-state index contributed by atoms with van der Waals surface area (Å²) >= 11 is 0. The number of fused-ring (bicyclic) bond motifs is 1. The van der Waals surface area contributed by atoms with E-state index < -0.39 is 0 Å². The van der Waals surface area contributed by atoms with Gasteiger partial charge in [0, 0.05) is 35.8 Å². The van der Waals surface area contributed by atoms with E-state index >= 15 is 0 Å². The van der Waals surface area contributed by atoms with Crippen molar-refractivity contribution in [2.45, 2.75) is 19.9 Å². The molecule has 3 heterocycles. The zero-order valence-corrected chi connectivity index (χ0v) is 15.7. The summed E-state index contributed by atoms with van der Waals surface area (Å²) in [7, 11) is 3.72. The number of hydrogen-bond acceptors (Lipinski definition) is 4. The number of aromatic amines is 1. The number of aryl methyl sites for hydroxylation is 2. The number of H-pyrrole nitrogens is 1. The van der Waals surface area contributed by atoms with E-state index in [-0.39, 0.29) is 11.9 Å². The van der Waals surface area contributed by atoms with Gasteiger partial charge >= 0.3 is 0 Å². The molecule has 0 fully saturated rings. The fraction of sp³-hybridized carbons (Fsp3) is 0.250. The number of nitrogens with one attached hydrogen (secondary N) is 2. The Balaban J connectivity index is 1.85. The molecule has 1 aromatic carbocycles. The third kappa shape index (κ3) is 3.00. The number of benzene rings is 1. The van der Waals surface area contributed by atoms with Gasteiger partial charge < -0.3 is 5.32 Å². The Bertz CT molecular complexity index is 1100. The van der Waals surface area contributed by atoms with E-state index in [4.69, 9.17) is 0 Å². The van der Waals surface area contributed by atoms with Gasteiger partial charge in [-0.25, -0.2) is 4.39 Å². The summed E-state index contributed by atoms with van der Waals surface area (Å²) in [6.07, 6.45) is 5.35. The van der Waals surface area contributed by atoms with Gasteiger partial charge in [-0.1, -0.05) is 6.07 Å². The summed E-state index contributed by atoms with van der Waals surface area (Å²) in [5, 5.41) is 15.6. The summed E-state index contributed by atoms with van der Waals surface area (Å²) in [6, 6.07) is 5.54. The van der Waals surface area contributed by atoms with Crippen molar-refractivity contribution in [2.75, 3.05) is 7.05 Å². The summed E-state index contributed by atoms with van der Waals surface area (Å²) < 4.78 is 16.7. The van der Waals surface area contributed by atoms with Crippen molar-refractivity contribution >= 4 is 10.9 Å². The number of rotatable bonds is 4. The molecule has 7 heteroatoms. The number of pyridine rings is 1. The van der Waals surface area contributed by atoms with Crippen molar-refractivity contribution in [3.63, 3.8) is 0 Å². The fourth-order valence-electron chi connectivity index (χ4n) is 3.33. The highest BCUT2D eigenvalue weighted by molar-refractivity contribution is 5.94. The first-order valence-corrected chi connectivity index (χ1v) is 8.78. The molecule has 4 rings (SSSR count). The first-order valence-electron chi connectivity index (χ1n) is 8.78. The van der Waals surface area contributed by atoms with Gasteiger partial charge in [-0.2, -0.15) is 10.2 Å². The Morgan fingerprint density at radius 2 is 2.04 bits per heavy atom. The molecule has 27 heavy (non-hydrogen) atoms. The van der Waals surface area contributed by atoms with Gasteiger partial charge in [0.2, 0.25) is 0 Å². The summed E-state index contributed by atoms with van der Waals surface area (Å²) in [5.74, 6) is -0.273. The Kier molecular flexibility index (Phi) is 4.24. The van der Waals surface area contributed by atoms with Crippen molar-refractivity contribution in [1.82, 2.24) is 30.3 Å². The standard InChI is InChI=1S/C20H21FN6/c1-11-5-13(12(2)22-3)6-16(21)19(11)17-7-15-18(9-23-17)25-26-20(15)14-8-24-27(4)10-14/h5-10,12,22H,1-4H3,(H,25,26). The molecule has 0 aliphatic rings. The van der Waals surface area contributed by atoms with Crippen LogP contribution >= 0.6 is 0 Å². The number of nitrogens with zero attached hydrogens (tertiary/aromatic N) is 4. The van der Waals surface area contributed by atoms with Crippen LogP contribution in [0.1, 0.15) is 24.1 Å². The topological polar surface area (TPSA) is 71.4 Å². The van der Waals surface area contributed by atoms with E-state index in [9.17, 15) is 4.39 Å². The van der Waals surface area contributed by atoms with E-state index in [1.165, 1.54) is 0 Å². The molecule has 138 valence electrons. The molecular formula is C20H21FN6. The van der Waals surface area contributed by atoms with E-state index in [2.05, 4.69) is 25.6 Å². The summed E-state index contributed by atoms with van der Waals surface area (Å²) in [4.78, 5) is 4.46. The maximum atomic E-state index is 14.9. The number of aromatic nitrogens is 5. The minimum absolute atomic E-state index is 0.0775. The van der Waals surface area contributed by atoms with Crippen LogP contribution in [0.25, 0.3) is 33.4 Å². The average Bonchev–Trinajstić information content (AvgIpc) is 3.25. The molecule has 0 radical (unpaired) electrons. The van der Waals surface area contributed by atoms with E-state index in [0.717, 1.165) is 33.3 Å². The van der Waals surface area contributed by atoms with Gasteiger partial charge in [0.15, 0.2) is 0 Å². The first-order chi connectivity index (χ1) is 13.0. The van der Waals surface area contributed by atoms with Crippen LogP contribution in [0.3, 0.4) is 0 Å². The fourth-order valence-corrected chi connectivity index (χ4v) is 3.33. The minimum Gasteiger partial charge on any atom is -0.313 e. The van der Waals surface area contributed by atoms with Crippen molar-refractivity contribution in [3.05, 3.63) is 53.7 Å². The minimum atomic E-state index is -0.273. The lowest BCUT2D eigenvalue weighted by atomic mass is 9.97. The molecule has 0 spiro atoms. The monoisotopic (exact) mass is 364 g/mol. The highest BCUT2D eigenvalue weighted by Gasteiger charge is 2.17. The van der Waals surface area contributed by atoms with Crippen LogP contribution in [0.4, 0.5) is 4.39 Å². The maximum absolute atomic E-state index is 14.9. The van der Waals surface area contributed by atoms with Gasteiger partial charge in [0.05, 0.1) is 23.6 Å². The van der Waals surface area contributed by atoms with Crippen molar-refractivity contribution in [3.8, 4) is 22.5 Å². The average molecular weight is 364 g/mol. The van der Waals surface area contributed by atoms with Crippen molar-refractivity contribution in [2.24, 2.45) is 7.05 Å². The quantitative estimate of drug-likeness (QED) is 0.578. The highest BCUT2D eigenvalue weighted by atomic mass is 19.1. The molecule has 3 aromatic heterocycles. The zero-order valence-electron chi connectivity index (χ0n) is 15.7. The van der Waals surface area contributed by atoms with Gasteiger partial charge in [-0.3, -0.25) is 14.8 Å². The maximum Gasteiger partial charge on any atom is 0.133 e. The second-order valence-corrected chi connectivity index (χ2v) is 6.80. The van der Waals surface area contributed by atoms with Crippen molar-refractivity contribution in [1.29, 1.82) is 0 Å². The third-order valence-electron chi connectivity index (χ3n) is 4.92. The van der Waals surface area contributed by atoms with Crippen molar-refractivity contribution < 1.29 is 4.39 Å². The Hall–Kier alpha value is -3.06. The van der Waals surface area contributed by atoms with E-state index in [0.29, 0.717) is 11.3 Å². The lowest BCUT2D eigenvalue weighted by Crippen LogP contribution is -2.13. The molecule has 0 aliphatic heterocycles. The first kappa shape index (κ1) is 17.4. The molecule has 0 aliphatic carbocycles. The molecule has 0 bridgehead atoms. The molecule has 2 N–H and O–H groups in total. The molecule has 4 aromatic rings. The predicted molar refractivity (Wildman–Crippen MR) is 104 cm³/mol. The van der Waals surface area contributed by atoms with E-state index in [1.807, 2.05) is 46.3 Å². The number of halogens is 1. The predicted octanol–water partition coefficient (Wildman–Crippen LogP) is 3.75. The number of hydrogen-bond donors (Lipinski definition) is 2. The van der Waals surface area contributed by atoms with Crippen LogP contribution in [0.5, 0.6) is 0 Å². The molecular weight excluding hydrogens is 343 g/mol. The van der Waals surface area contributed by atoms with Crippen LogP contribution in [-0.2, 0) is 7.05 Å². The molecule has 6 nitrogen and oxygen atoms in total. The smallest absolute Gasteiger partial charge is 0.133 e. The Labute approximate surface area is 156 Å². The van der Waals surface area contributed by atoms with Crippen LogP contribution in [0.2, 0.25) is 0 Å². The van der Waals surface area contributed by atoms with Crippen LogP contribution in [0, 0.1) is 12.7 Å². The van der Waals surface area contributed by atoms with Gasteiger partial charge in [0.1, 0.15) is 11.5 Å².